The van der Waals surface area contributed by atoms with Gasteiger partial charge in [-0.25, -0.2) is 0 Å². The Labute approximate surface area is 168 Å². The van der Waals surface area contributed by atoms with Gasteiger partial charge in [-0.05, 0) is 42.8 Å². The lowest BCUT2D eigenvalue weighted by Crippen LogP contribution is -2.62. The van der Waals surface area contributed by atoms with Gasteiger partial charge >= 0.3 is 0 Å². The maximum atomic E-state index is 10.3. The Bertz CT molecular complexity index is 809. The first-order valence-electron chi connectivity index (χ1n) is 8.85. The number of aliphatic hydroxyl groups excluding tert-OH is 1. The molecule has 0 aliphatic heterocycles. The Kier molecular flexibility index (Phi) is 7.42. The summed E-state index contributed by atoms with van der Waals surface area (Å²) in [6.07, 6.45) is -1.16. The Balaban J connectivity index is 2.01. The first kappa shape index (κ1) is 22.9. The fourth-order valence-electron chi connectivity index (χ4n) is 2.59. The lowest BCUT2D eigenvalue weighted by Gasteiger charge is -2.36. The summed E-state index contributed by atoms with van der Waals surface area (Å²) < 4.78 is 15.6. The maximum Gasteiger partial charge on any atom is 0.284 e. The van der Waals surface area contributed by atoms with Gasteiger partial charge < -0.3 is 39.7 Å². The summed E-state index contributed by atoms with van der Waals surface area (Å²) in [6.45, 7) is 1.36. The molecule has 6 N–H and O–H groups in total. The molecule has 0 saturated heterocycles. The van der Waals surface area contributed by atoms with Crippen LogP contribution >= 0.6 is 0 Å². The Morgan fingerprint density at radius 3 is 2.28 bits per heavy atom. The van der Waals surface area contributed by atoms with E-state index in [1.807, 2.05) is 13.0 Å². The molecule has 2 aromatic rings. The predicted octanol–water partition coefficient (Wildman–Crippen LogP) is -0.182. The first-order valence-corrected chi connectivity index (χ1v) is 8.85. The van der Waals surface area contributed by atoms with Gasteiger partial charge in [-0.15, -0.1) is 0 Å². The van der Waals surface area contributed by atoms with Gasteiger partial charge in [-0.2, -0.15) is 0 Å². The fraction of sp³-hybridized carbons (Fsp3) is 0.400. The molecular formula is C20H27NO8. The monoisotopic (exact) mass is 409 g/mol. The van der Waals surface area contributed by atoms with Crippen LogP contribution in [0.1, 0.15) is 11.1 Å². The summed E-state index contributed by atoms with van der Waals surface area (Å²) in [5.74, 6) is -5.27. The van der Waals surface area contributed by atoms with Crippen molar-refractivity contribution in [3.63, 3.8) is 0 Å². The number of aliphatic hydroxyl groups is 5. The summed E-state index contributed by atoms with van der Waals surface area (Å²) in [5.41, 5.74) is 0.721. The average Bonchev–Trinajstić information content (AvgIpc) is 2.70. The van der Waals surface area contributed by atoms with Crippen molar-refractivity contribution >= 4 is 0 Å². The van der Waals surface area contributed by atoms with E-state index >= 15 is 0 Å². The number of methoxy groups -OCH3 is 2. The van der Waals surface area contributed by atoms with E-state index in [4.69, 9.17) is 14.2 Å². The Morgan fingerprint density at radius 1 is 0.966 bits per heavy atom. The summed E-state index contributed by atoms with van der Waals surface area (Å²) in [5, 5.41) is 53.2. The number of ether oxygens (including phenoxy) is 3. The number of nitrogens with one attached hydrogen (secondary N) is 1. The van der Waals surface area contributed by atoms with Crippen molar-refractivity contribution in [2.75, 3.05) is 27.4 Å². The highest BCUT2D eigenvalue weighted by Crippen LogP contribution is 2.34. The van der Waals surface area contributed by atoms with E-state index in [0.29, 0.717) is 11.5 Å². The van der Waals surface area contributed by atoms with E-state index in [-0.39, 0.29) is 17.9 Å². The molecule has 0 spiro atoms. The van der Waals surface area contributed by atoms with Gasteiger partial charge in [0.05, 0.1) is 14.2 Å². The normalized spacial score (nSPS) is 13.1. The zero-order valence-corrected chi connectivity index (χ0v) is 16.5. The van der Waals surface area contributed by atoms with Crippen LogP contribution in [0.25, 0.3) is 0 Å². The standard InChI is InChI=1S/C20H27NO8/c1-13-5-4-6-16(9-13)29-12-15(22)11-21-20(25,26)19(23,24)14-7-8-17(27-2)18(10-14)28-3/h4-10,15,21-26H,11-12H2,1-3H3. The molecule has 2 rings (SSSR count). The molecule has 1 unspecified atom stereocenters. The smallest absolute Gasteiger partial charge is 0.284 e. The number of hydrogen-bond donors (Lipinski definition) is 6. The Hall–Kier alpha value is -2.40. The second-order valence-electron chi connectivity index (χ2n) is 6.58. The molecule has 160 valence electrons. The van der Waals surface area contributed by atoms with E-state index in [9.17, 15) is 25.5 Å². The molecule has 0 saturated carbocycles. The summed E-state index contributed by atoms with van der Waals surface area (Å²) in [4.78, 5) is 0. The number of hydrogen-bond acceptors (Lipinski definition) is 9. The largest absolute Gasteiger partial charge is 0.493 e. The lowest BCUT2D eigenvalue weighted by atomic mass is 10.0. The molecular weight excluding hydrogens is 382 g/mol. The van der Waals surface area contributed by atoms with Crippen molar-refractivity contribution in [1.82, 2.24) is 5.32 Å². The van der Waals surface area contributed by atoms with Crippen LogP contribution in [-0.2, 0) is 5.79 Å². The SMILES string of the molecule is COc1ccc(C(O)(O)C(O)(O)NCC(O)COc2cccc(C)c2)cc1OC. The lowest BCUT2D eigenvalue weighted by molar-refractivity contribution is -0.379. The predicted molar refractivity (Wildman–Crippen MR) is 104 cm³/mol. The van der Waals surface area contributed by atoms with Crippen LogP contribution in [-0.4, -0.2) is 64.9 Å². The molecule has 0 heterocycles. The first-order chi connectivity index (χ1) is 13.6. The molecule has 0 amide bonds. The summed E-state index contributed by atoms with van der Waals surface area (Å²) in [6, 6.07) is 11.0. The number of benzene rings is 2. The third kappa shape index (κ3) is 5.57. The van der Waals surface area contributed by atoms with Crippen LogP contribution in [0, 0.1) is 6.92 Å². The van der Waals surface area contributed by atoms with Crippen molar-refractivity contribution in [2.45, 2.75) is 24.7 Å². The van der Waals surface area contributed by atoms with Gasteiger partial charge in [-0.3, -0.25) is 5.32 Å². The molecule has 0 fully saturated rings. The molecule has 1 atom stereocenters. The van der Waals surface area contributed by atoms with Crippen molar-refractivity contribution in [3.05, 3.63) is 53.6 Å². The van der Waals surface area contributed by atoms with E-state index in [0.717, 1.165) is 5.56 Å². The van der Waals surface area contributed by atoms with Gasteiger partial charge in [0.1, 0.15) is 18.5 Å². The van der Waals surface area contributed by atoms with Gasteiger partial charge in [0.25, 0.3) is 11.7 Å². The third-order valence-electron chi connectivity index (χ3n) is 4.29. The molecule has 0 aliphatic carbocycles. The van der Waals surface area contributed by atoms with Crippen molar-refractivity contribution in [1.29, 1.82) is 0 Å². The highest BCUT2D eigenvalue weighted by molar-refractivity contribution is 5.44. The van der Waals surface area contributed by atoms with Crippen LogP contribution < -0.4 is 19.5 Å². The van der Waals surface area contributed by atoms with E-state index in [2.05, 4.69) is 5.32 Å². The van der Waals surface area contributed by atoms with Gasteiger partial charge in [0.15, 0.2) is 11.5 Å². The molecule has 2 aromatic carbocycles. The second-order valence-corrected chi connectivity index (χ2v) is 6.58. The highest BCUT2D eigenvalue weighted by Gasteiger charge is 2.49. The fourth-order valence-corrected chi connectivity index (χ4v) is 2.59. The van der Waals surface area contributed by atoms with Crippen LogP contribution in [0.15, 0.2) is 42.5 Å². The minimum atomic E-state index is -3.18. The third-order valence-corrected chi connectivity index (χ3v) is 4.29. The van der Waals surface area contributed by atoms with Crippen LogP contribution in [0.2, 0.25) is 0 Å². The molecule has 0 radical (unpaired) electrons. The minimum absolute atomic E-state index is 0.146. The molecule has 0 bridgehead atoms. The van der Waals surface area contributed by atoms with Crippen LogP contribution in [0.4, 0.5) is 0 Å². The van der Waals surface area contributed by atoms with Crippen molar-refractivity contribution in [2.24, 2.45) is 0 Å². The minimum Gasteiger partial charge on any atom is -0.493 e. The van der Waals surface area contributed by atoms with E-state index in [1.54, 1.807) is 18.2 Å². The molecule has 9 nitrogen and oxygen atoms in total. The van der Waals surface area contributed by atoms with E-state index in [1.165, 1.54) is 32.4 Å². The Morgan fingerprint density at radius 2 is 1.66 bits per heavy atom. The zero-order chi connectivity index (χ0) is 21.7. The number of aryl methyl sites for hydroxylation is 1. The van der Waals surface area contributed by atoms with Gasteiger partial charge in [0, 0.05) is 12.1 Å². The quantitative estimate of drug-likeness (QED) is 0.295. The average molecular weight is 409 g/mol. The number of rotatable bonds is 10. The zero-order valence-electron chi connectivity index (χ0n) is 16.5. The van der Waals surface area contributed by atoms with E-state index < -0.39 is 24.3 Å². The molecule has 0 aromatic heterocycles. The van der Waals surface area contributed by atoms with Crippen molar-refractivity contribution in [3.8, 4) is 17.2 Å². The second kappa shape index (κ2) is 9.40. The topological polar surface area (TPSA) is 141 Å². The summed E-state index contributed by atoms with van der Waals surface area (Å²) >= 11 is 0. The summed E-state index contributed by atoms with van der Waals surface area (Å²) in [7, 11) is 2.76. The van der Waals surface area contributed by atoms with Gasteiger partial charge in [0.2, 0.25) is 0 Å². The molecule has 29 heavy (non-hydrogen) atoms. The highest BCUT2D eigenvalue weighted by atomic mass is 16.6. The van der Waals surface area contributed by atoms with Crippen LogP contribution in [0.3, 0.4) is 0 Å². The van der Waals surface area contributed by atoms with Crippen molar-refractivity contribution < 1.29 is 39.7 Å². The molecule has 9 heteroatoms. The maximum absolute atomic E-state index is 10.3. The van der Waals surface area contributed by atoms with Gasteiger partial charge in [-0.1, -0.05) is 12.1 Å². The molecule has 0 aliphatic rings. The van der Waals surface area contributed by atoms with Crippen LogP contribution in [0.5, 0.6) is 17.2 Å².